The molecule has 1 N–H and O–H groups in total. The van der Waals surface area contributed by atoms with Crippen molar-refractivity contribution in [2.45, 2.75) is 26.3 Å². The van der Waals surface area contributed by atoms with Gasteiger partial charge in [0.2, 0.25) is 0 Å². The first-order chi connectivity index (χ1) is 9.10. The van der Waals surface area contributed by atoms with Crippen LogP contribution in [0.1, 0.15) is 30.0 Å². The Balaban J connectivity index is 2.18. The standard InChI is InChI=1S/C15H17F2NO/c1-3-18-14(15-7-4-10(2)19-15)9-11-5-6-12(16)13(17)8-11/h4-8,14,18H,3,9H2,1-2H3. The molecule has 1 aromatic heterocycles. The van der Waals surface area contributed by atoms with Gasteiger partial charge in [-0.05, 0) is 49.7 Å². The molecule has 2 rings (SSSR count). The van der Waals surface area contributed by atoms with Crippen LogP contribution in [0.3, 0.4) is 0 Å². The van der Waals surface area contributed by atoms with Gasteiger partial charge in [0.1, 0.15) is 11.5 Å². The van der Waals surface area contributed by atoms with Gasteiger partial charge in [-0.15, -0.1) is 0 Å². The van der Waals surface area contributed by atoms with Crippen molar-refractivity contribution in [3.05, 3.63) is 59.1 Å². The Morgan fingerprint density at radius 1 is 1.16 bits per heavy atom. The Labute approximate surface area is 111 Å². The Hall–Kier alpha value is -1.68. The van der Waals surface area contributed by atoms with Crippen LogP contribution in [0, 0.1) is 18.6 Å². The molecular weight excluding hydrogens is 248 g/mol. The van der Waals surface area contributed by atoms with Crippen molar-refractivity contribution < 1.29 is 13.2 Å². The maximum Gasteiger partial charge on any atom is 0.159 e. The van der Waals surface area contributed by atoms with Crippen LogP contribution >= 0.6 is 0 Å². The van der Waals surface area contributed by atoms with Crippen LogP contribution in [0.4, 0.5) is 8.78 Å². The van der Waals surface area contributed by atoms with E-state index in [0.29, 0.717) is 6.42 Å². The molecule has 0 bridgehead atoms. The second-order valence-electron chi connectivity index (χ2n) is 4.51. The fourth-order valence-corrected chi connectivity index (χ4v) is 2.06. The van der Waals surface area contributed by atoms with Crippen molar-refractivity contribution in [3.8, 4) is 0 Å². The fourth-order valence-electron chi connectivity index (χ4n) is 2.06. The third kappa shape index (κ3) is 3.41. The molecule has 0 aliphatic rings. The van der Waals surface area contributed by atoms with E-state index in [1.165, 1.54) is 6.07 Å². The Morgan fingerprint density at radius 2 is 1.95 bits per heavy atom. The van der Waals surface area contributed by atoms with Gasteiger partial charge < -0.3 is 9.73 Å². The molecule has 1 heterocycles. The predicted molar refractivity (Wildman–Crippen MR) is 69.9 cm³/mol. The van der Waals surface area contributed by atoms with Crippen LogP contribution in [0.5, 0.6) is 0 Å². The zero-order valence-electron chi connectivity index (χ0n) is 11.0. The molecule has 0 saturated carbocycles. The lowest BCUT2D eigenvalue weighted by Gasteiger charge is -2.15. The van der Waals surface area contributed by atoms with E-state index in [2.05, 4.69) is 5.32 Å². The summed E-state index contributed by atoms with van der Waals surface area (Å²) in [5, 5.41) is 3.28. The van der Waals surface area contributed by atoms with Crippen molar-refractivity contribution in [1.29, 1.82) is 0 Å². The summed E-state index contributed by atoms with van der Waals surface area (Å²) >= 11 is 0. The van der Waals surface area contributed by atoms with E-state index in [1.807, 2.05) is 26.0 Å². The van der Waals surface area contributed by atoms with Gasteiger partial charge in [0.15, 0.2) is 11.6 Å². The number of furan rings is 1. The van der Waals surface area contributed by atoms with E-state index in [9.17, 15) is 8.78 Å². The molecule has 2 aromatic rings. The minimum Gasteiger partial charge on any atom is -0.465 e. The zero-order valence-corrected chi connectivity index (χ0v) is 11.0. The summed E-state index contributed by atoms with van der Waals surface area (Å²) in [6.07, 6.45) is 0.554. The average Bonchev–Trinajstić information content (AvgIpc) is 2.80. The number of rotatable bonds is 5. The van der Waals surface area contributed by atoms with Crippen molar-refractivity contribution in [2.75, 3.05) is 6.54 Å². The average molecular weight is 265 g/mol. The highest BCUT2D eigenvalue weighted by Crippen LogP contribution is 2.21. The highest BCUT2D eigenvalue weighted by molar-refractivity contribution is 5.21. The lowest BCUT2D eigenvalue weighted by molar-refractivity contribution is 0.402. The molecule has 1 unspecified atom stereocenters. The fraction of sp³-hybridized carbons (Fsp3) is 0.333. The first-order valence-electron chi connectivity index (χ1n) is 6.33. The molecule has 0 amide bonds. The molecule has 4 heteroatoms. The second-order valence-corrected chi connectivity index (χ2v) is 4.51. The molecule has 0 aliphatic carbocycles. The number of hydrogen-bond acceptors (Lipinski definition) is 2. The van der Waals surface area contributed by atoms with Gasteiger partial charge in [-0.25, -0.2) is 8.78 Å². The molecular formula is C15H17F2NO. The monoisotopic (exact) mass is 265 g/mol. The molecule has 0 spiro atoms. The van der Waals surface area contributed by atoms with E-state index >= 15 is 0 Å². The van der Waals surface area contributed by atoms with Crippen molar-refractivity contribution in [1.82, 2.24) is 5.32 Å². The lowest BCUT2D eigenvalue weighted by atomic mass is 10.0. The summed E-state index contributed by atoms with van der Waals surface area (Å²) in [6, 6.07) is 7.74. The van der Waals surface area contributed by atoms with Crippen LogP contribution in [0.25, 0.3) is 0 Å². The topological polar surface area (TPSA) is 25.2 Å². The molecule has 1 atom stereocenters. The number of hydrogen-bond donors (Lipinski definition) is 1. The number of likely N-dealkylation sites (N-methyl/N-ethyl adjacent to an activating group) is 1. The first kappa shape index (κ1) is 13.7. The molecule has 0 radical (unpaired) electrons. The van der Waals surface area contributed by atoms with Gasteiger partial charge in [-0.3, -0.25) is 0 Å². The maximum absolute atomic E-state index is 13.2. The van der Waals surface area contributed by atoms with Crippen LogP contribution in [0.15, 0.2) is 34.7 Å². The third-order valence-corrected chi connectivity index (χ3v) is 2.98. The summed E-state index contributed by atoms with van der Waals surface area (Å²) in [4.78, 5) is 0. The quantitative estimate of drug-likeness (QED) is 0.890. The molecule has 0 aliphatic heterocycles. The van der Waals surface area contributed by atoms with Crippen molar-refractivity contribution in [3.63, 3.8) is 0 Å². The summed E-state index contributed by atoms with van der Waals surface area (Å²) < 4.78 is 31.7. The van der Waals surface area contributed by atoms with E-state index < -0.39 is 11.6 Å². The smallest absolute Gasteiger partial charge is 0.159 e. The van der Waals surface area contributed by atoms with Crippen LogP contribution < -0.4 is 5.32 Å². The number of aryl methyl sites for hydroxylation is 1. The maximum atomic E-state index is 13.2. The molecule has 1 aromatic carbocycles. The Bertz CT molecular complexity index is 551. The van der Waals surface area contributed by atoms with E-state index in [-0.39, 0.29) is 6.04 Å². The number of halogens is 2. The van der Waals surface area contributed by atoms with Crippen LogP contribution in [-0.2, 0) is 6.42 Å². The van der Waals surface area contributed by atoms with Crippen LogP contribution in [0.2, 0.25) is 0 Å². The molecule has 0 saturated heterocycles. The summed E-state index contributed by atoms with van der Waals surface area (Å²) in [5.74, 6) is 0.00763. The molecule has 0 fully saturated rings. The summed E-state index contributed by atoms with van der Waals surface area (Å²) in [5.41, 5.74) is 0.735. The Kier molecular flexibility index (Phi) is 4.32. The highest BCUT2D eigenvalue weighted by Gasteiger charge is 2.15. The predicted octanol–water partition coefficient (Wildman–Crippen LogP) is 3.76. The zero-order chi connectivity index (χ0) is 13.8. The number of nitrogens with one attached hydrogen (secondary N) is 1. The minimum atomic E-state index is -0.822. The second kappa shape index (κ2) is 5.97. The highest BCUT2D eigenvalue weighted by atomic mass is 19.2. The summed E-state index contributed by atoms with van der Waals surface area (Å²) in [6.45, 7) is 4.65. The minimum absolute atomic E-state index is 0.0384. The molecule has 2 nitrogen and oxygen atoms in total. The third-order valence-electron chi connectivity index (χ3n) is 2.98. The van der Waals surface area contributed by atoms with E-state index in [1.54, 1.807) is 6.07 Å². The lowest BCUT2D eigenvalue weighted by Crippen LogP contribution is -2.22. The van der Waals surface area contributed by atoms with Crippen LogP contribution in [-0.4, -0.2) is 6.54 Å². The van der Waals surface area contributed by atoms with Gasteiger partial charge in [0.05, 0.1) is 6.04 Å². The van der Waals surface area contributed by atoms with Gasteiger partial charge >= 0.3 is 0 Å². The first-order valence-corrected chi connectivity index (χ1v) is 6.33. The van der Waals surface area contributed by atoms with E-state index in [4.69, 9.17) is 4.42 Å². The molecule has 102 valence electrons. The normalized spacial score (nSPS) is 12.6. The summed E-state index contributed by atoms with van der Waals surface area (Å²) in [7, 11) is 0. The van der Waals surface area contributed by atoms with Crippen molar-refractivity contribution >= 4 is 0 Å². The van der Waals surface area contributed by atoms with Gasteiger partial charge in [0, 0.05) is 0 Å². The Morgan fingerprint density at radius 3 is 2.53 bits per heavy atom. The molecule has 19 heavy (non-hydrogen) atoms. The largest absolute Gasteiger partial charge is 0.465 e. The SMILES string of the molecule is CCNC(Cc1ccc(F)c(F)c1)c1ccc(C)o1. The van der Waals surface area contributed by atoms with Crippen molar-refractivity contribution in [2.24, 2.45) is 0 Å². The van der Waals surface area contributed by atoms with Gasteiger partial charge in [-0.1, -0.05) is 13.0 Å². The van der Waals surface area contributed by atoms with E-state index in [0.717, 1.165) is 29.7 Å². The van der Waals surface area contributed by atoms with Gasteiger partial charge in [0.25, 0.3) is 0 Å². The van der Waals surface area contributed by atoms with Gasteiger partial charge in [-0.2, -0.15) is 0 Å². The number of benzene rings is 1.